The number of aryl methyl sites for hydroxylation is 2. The van der Waals surface area contributed by atoms with E-state index in [-0.39, 0.29) is 6.04 Å². The minimum Gasteiger partial charge on any atom is -0.323 e. The molecule has 0 saturated carbocycles. The van der Waals surface area contributed by atoms with Crippen LogP contribution in [0.15, 0.2) is 18.2 Å². The van der Waals surface area contributed by atoms with Crippen LogP contribution in [0.1, 0.15) is 54.0 Å². The summed E-state index contributed by atoms with van der Waals surface area (Å²) in [5.41, 5.74) is 8.94. The van der Waals surface area contributed by atoms with Crippen molar-refractivity contribution < 1.29 is 0 Å². The van der Waals surface area contributed by atoms with Crippen LogP contribution >= 0.6 is 11.3 Å². The second kappa shape index (κ2) is 5.15. The van der Waals surface area contributed by atoms with Crippen LogP contribution in [0.25, 0.3) is 0 Å². The fourth-order valence-corrected chi connectivity index (χ4v) is 3.61. The molecule has 0 fully saturated rings. The Balaban J connectivity index is 2.14. The van der Waals surface area contributed by atoms with E-state index in [0.717, 1.165) is 6.42 Å². The van der Waals surface area contributed by atoms with Gasteiger partial charge in [-0.3, -0.25) is 0 Å². The molecule has 2 rings (SSSR count). The first-order valence-corrected chi connectivity index (χ1v) is 7.00. The van der Waals surface area contributed by atoms with Crippen LogP contribution in [-0.2, 0) is 12.8 Å². The van der Waals surface area contributed by atoms with Gasteiger partial charge in [-0.2, -0.15) is 0 Å². The summed E-state index contributed by atoms with van der Waals surface area (Å²) in [6, 6.07) is 2.51. The first-order chi connectivity index (χ1) is 7.66. The first kappa shape index (κ1) is 11.9. The summed E-state index contributed by atoms with van der Waals surface area (Å²) in [7, 11) is 0. The number of fused-ring (bicyclic) bond motifs is 1. The molecule has 1 unspecified atom stereocenters. The highest BCUT2D eigenvalue weighted by atomic mass is 32.1. The molecule has 16 heavy (non-hydrogen) atoms. The van der Waals surface area contributed by atoms with Crippen molar-refractivity contribution in [1.29, 1.82) is 0 Å². The topological polar surface area (TPSA) is 26.0 Å². The standard InChI is InChI=1S/C14H21NS/c1-10(2)8-12(15)14-9-11-6-4-3-5-7-13(11)16-14/h9,12H,1,3-8,15H2,2H3. The van der Waals surface area contributed by atoms with Gasteiger partial charge in [-0.15, -0.1) is 17.9 Å². The lowest BCUT2D eigenvalue weighted by atomic mass is 10.1. The van der Waals surface area contributed by atoms with E-state index in [0.29, 0.717) is 0 Å². The molecule has 1 atom stereocenters. The number of rotatable bonds is 3. The van der Waals surface area contributed by atoms with Gasteiger partial charge >= 0.3 is 0 Å². The van der Waals surface area contributed by atoms with Crippen LogP contribution in [0.5, 0.6) is 0 Å². The Morgan fingerprint density at radius 3 is 2.94 bits per heavy atom. The van der Waals surface area contributed by atoms with Gasteiger partial charge in [0.25, 0.3) is 0 Å². The van der Waals surface area contributed by atoms with Crippen molar-refractivity contribution >= 4 is 11.3 Å². The zero-order valence-corrected chi connectivity index (χ0v) is 10.9. The van der Waals surface area contributed by atoms with E-state index in [1.165, 1.54) is 42.6 Å². The van der Waals surface area contributed by atoms with Gasteiger partial charge < -0.3 is 5.73 Å². The molecule has 0 bridgehead atoms. The number of nitrogens with two attached hydrogens (primary N) is 1. The summed E-state index contributed by atoms with van der Waals surface area (Å²) in [6.45, 7) is 6.00. The molecule has 0 saturated heterocycles. The van der Waals surface area contributed by atoms with Crippen molar-refractivity contribution in [2.24, 2.45) is 5.73 Å². The molecule has 0 radical (unpaired) electrons. The van der Waals surface area contributed by atoms with Gasteiger partial charge in [0, 0.05) is 15.8 Å². The van der Waals surface area contributed by atoms with Gasteiger partial charge in [-0.05, 0) is 50.7 Å². The second-order valence-corrected chi connectivity index (χ2v) is 6.09. The number of thiophene rings is 1. The Morgan fingerprint density at radius 1 is 1.44 bits per heavy atom. The molecule has 0 aliphatic heterocycles. The lowest BCUT2D eigenvalue weighted by molar-refractivity contribution is 0.708. The van der Waals surface area contributed by atoms with Gasteiger partial charge in [0.05, 0.1) is 0 Å². The normalized spacial score (nSPS) is 17.6. The maximum Gasteiger partial charge on any atom is 0.0427 e. The molecular formula is C14H21NS. The predicted molar refractivity (Wildman–Crippen MR) is 71.9 cm³/mol. The Morgan fingerprint density at radius 2 is 2.19 bits per heavy atom. The molecule has 0 aromatic carbocycles. The highest BCUT2D eigenvalue weighted by Crippen LogP contribution is 2.33. The zero-order chi connectivity index (χ0) is 11.5. The summed E-state index contributed by atoms with van der Waals surface area (Å²) >= 11 is 1.93. The third-order valence-corrected chi connectivity index (χ3v) is 4.57. The number of hydrogen-bond acceptors (Lipinski definition) is 2. The average Bonchev–Trinajstić information content (AvgIpc) is 2.49. The Kier molecular flexibility index (Phi) is 3.82. The van der Waals surface area contributed by atoms with Gasteiger partial charge in [-0.1, -0.05) is 12.0 Å². The van der Waals surface area contributed by atoms with E-state index in [9.17, 15) is 0 Å². The monoisotopic (exact) mass is 235 g/mol. The molecule has 2 heteroatoms. The van der Waals surface area contributed by atoms with E-state index in [2.05, 4.69) is 19.6 Å². The minimum absolute atomic E-state index is 0.162. The number of hydrogen-bond donors (Lipinski definition) is 1. The van der Waals surface area contributed by atoms with Gasteiger partial charge in [-0.25, -0.2) is 0 Å². The minimum atomic E-state index is 0.162. The molecule has 1 aliphatic carbocycles. The molecule has 0 amide bonds. The predicted octanol–water partition coefficient (Wildman–Crippen LogP) is 3.98. The van der Waals surface area contributed by atoms with E-state index in [4.69, 9.17) is 5.73 Å². The third kappa shape index (κ3) is 2.74. The Hall–Kier alpha value is -0.600. The van der Waals surface area contributed by atoms with Crippen molar-refractivity contribution in [2.45, 2.75) is 51.5 Å². The molecule has 0 spiro atoms. The van der Waals surface area contributed by atoms with Crippen molar-refractivity contribution in [1.82, 2.24) is 0 Å². The second-order valence-electron chi connectivity index (χ2n) is 4.93. The molecule has 1 aromatic rings. The zero-order valence-electron chi connectivity index (χ0n) is 10.1. The van der Waals surface area contributed by atoms with Crippen molar-refractivity contribution in [3.8, 4) is 0 Å². The Bertz CT molecular complexity index is 355. The molecule has 2 N–H and O–H groups in total. The SMILES string of the molecule is C=C(C)CC(N)c1cc2c(s1)CCCCC2. The van der Waals surface area contributed by atoms with Crippen LogP contribution in [0.2, 0.25) is 0 Å². The highest BCUT2D eigenvalue weighted by Gasteiger charge is 2.15. The van der Waals surface area contributed by atoms with E-state index in [1.54, 1.807) is 10.4 Å². The maximum absolute atomic E-state index is 6.20. The lowest BCUT2D eigenvalue weighted by Crippen LogP contribution is -2.08. The van der Waals surface area contributed by atoms with Gasteiger partial charge in [0.15, 0.2) is 0 Å². The van der Waals surface area contributed by atoms with Gasteiger partial charge in [0.1, 0.15) is 0 Å². The molecule has 1 heterocycles. The highest BCUT2D eigenvalue weighted by molar-refractivity contribution is 7.12. The van der Waals surface area contributed by atoms with Crippen molar-refractivity contribution in [3.05, 3.63) is 33.5 Å². The van der Waals surface area contributed by atoms with E-state index >= 15 is 0 Å². The van der Waals surface area contributed by atoms with Gasteiger partial charge in [0.2, 0.25) is 0 Å². The molecule has 1 aromatic heterocycles. The summed E-state index contributed by atoms with van der Waals surface area (Å²) in [5, 5.41) is 0. The third-order valence-electron chi connectivity index (χ3n) is 3.20. The summed E-state index contributed by atoms with van der Waals surface area (Å²) in [5.74, 6) is 0. The molecule has 1 aliphatic rings. The molecule has 1 nitrogen and oxygen atoms in total. The lowest BCUT2D eigenvalue weighted by Gasteiger charge is -2.08. The maximum atomic E-state index is 6.20. The van der Waals surface area contributed by atoms with Crippen LogP contribution in [0, 0.1) is 0 Å². The van der Waals surface area contributed by atoms with E-state index < -0.39 is 0 Å². The fourth-order valence-electron chi connectivity index (χ4n) is 2.35. The average molecular weight is 235 g/mol. The van der Waals surface area contributed by atoms with Crippen molar-refractivity contribution in [3.63, 3.8) is 0 Å². The summed E-state index contributed by atoms with van der Waals surface area (Å²) < 4.78 is 0. The molecule has 88 valence electrons. The summed E-state index contributed by atoms with van der Waals surface area (Å²) in [4.78, 5) is 2.94. The Labute approximate surface area is 102 Å². The van der Waals surface area contributed by atoms with Crippen LogP contribution in [0.4, 0.5) is 0 Å². The largest absolute Gasteiger partial charge is 0.323 e. The fraction of sp³-hybridized carbons (Fsp3) is 0.571. The first-order valence-electron chi connectivity index (χ1n) is 6.18. The van der Waals surface area contributed by atoms with Crippen LogP contribution in [0.3, 0.4) is 0 Å². The quantitative estimate of drug-likeness (QED) is 0.622. The van der Waals surface area contributed by atoms with Crippen LogP contribution < -0.4 is 5.73 Å². The van der Waals surface area contributed by atoms with E-state index in [1.807, 2.05) is 11.3 Å². The van der Waals surface area contributed by atoms with Crippen molar-refractivity contribution in [2.75, 3.05) is 0 Å². The smallest absolute Gasteiger partial charge is 0.0427 e. The van der Waals surface area contributed by atoms with Crippen LogP contribution in [-0.4, -0.2) is 0 Å². The molecular weight excluding hydrogens is 214 g/mol. The summed E-state index contributed by atoms with van der Waals surface area (Å²) in [6.07, 6.45) is 7.51.